The molecule has 0 spiro atoms. The van der Waals surface area contributed by atoms with Crippen LogP contribution in [0.2, 0.25) is 5.02 Å². The van der Waals surface area contributed by atoms with Gasteiger partial charge in [-0.1, -0.05) is 71.5 Å². The second-order valence-corrected chi connectivity index (χ2v) is 10.6. The summed E-state index contributed by atoms with van der Waals surface area (Å²) in [6, 6.07) is 20.5. The van der Waals surface area contributed by atoms with Gasteiger partial charge in [0, 0.05) is 12.7 Å². The van der Waals surface area contributed by atoms with E-state index in [4.69, 9.17) is 25.8 Å². The van der Waals surface area contributed by atoms with E-state index >= 15 is 0 Å². The summed E-state index contributed by atoms with van der Waals surface area (Å²) in [5.41, 5.74) is 1.99. The molecule has 3 aromatic carbocycles. The maximum absolute atomic E-state index is 14.5. The molecule has 41 heavy (non-hydrogen) atoms. The van der Waals surface area contributed by atoms with Crippen molar-refractivity contribution in [1.29, 1.82) is 0 Å². The fourth-order valence-electron chi connectivity index (χ4n) is 4.46. The van der Waals surface area contributed by atoms with Gasteiger partial charge < -0.3 is 14.2 Å². The minimum atomic E-state index is -0.831. The van der Waals surface area contributed by atoms with Crippen LogP contribution in [-0.4, -0.2) is 30.9 Å². The molecule has 7 nitrogen and oxygen atoms in total. The van der Waals surface area contributed by atoms with Crippen molar-refractivity contribution >= 4 is 35.0 Å². The van der Waals surface area contributed by atoms with Gasteiger partial charge in [-0.25, -0.2) is 14.2 Å². The highest BCUT2D eigenvalue weighted by molar-refractivity contribution is 7.07. The van der Waals surface area contributed by atoms with Crippen molar-refractivity contribution in [3.63, 3.8) is 0 Å². The smallest absolute Gasteiger partial charge is 0.338 e. The number of carbonyl (C=O) groups is 1. The van der Waals surface area contributed by atoms with Gasteiger partial charge in [-0.05, 0) is 48.4 Å². The number of allylic oxidation sites excluding steroid dienone is 1. The summed E-state index contributed by atoms with van der Waals surface area (Å²) in [4.78, 5) is 32.0. The van der Waals surface area contributed by atoms with Crippen LogP contribution in [0.15, 0.2) is 93.9 Å². The average molecular weight is 593 g/mol. The molecule has 2 heterocycles. The lowest BCUT2D eigenvalue weighted by Crippen LogP contribution is -2.40. The van der Waals surface area contributed by atoms with Crippen LogP contribution in [0, 0.1) is 5.82 Å². The molecule has 0 bridgehead atoms. The molecule has 10 heteroatoms. The minimum Gasteiger partial charge on any atom is -0.489 e. The standard InChI is InChI=1S/C31H26ClFN2O5S/c1-19-27(30(37)39-16-15-38-2)28(21-11-13-22(14-12-21)40-18-20-7-4-3-5-8-20)35-29(36)26(41-31(35)34-19)17-23-24(32)9-6-10-25(23)33/h3-14,17,28H,15-16,18H2,1-2H3. The Morgan fingerprint density at radius 3 is 2.54 bits per heavy atom. The van der Waals surface area contributed by atoms with E-state index in [0.29, 0.717) is 28.4 Å². The van der Waals surface area contributed by atoms with Gasteiger partial charge in [0.1, 0.15) is 24.8 Å². The highest BCUT2D eigenvalue weighted by atomic mass is 35.5. The van der Waals surface area contributed by atoms with E-state index in [1.165, 1.54) is 29.9 Å². The summed E-state index contributed by atoms with van der Waals surface area (Å²) in [6.45, 7) is 2.35. The molecule has 0 radical (unpaired) electrons. The third-order valence-electron chi connectivity index (χ3n) is 6.48. The van der Waals surface area contributed by atoms with E-state index < -0.39 is 23.4 Å². The number of carbonyl (C=O) groups excluding carboxylic acids is 1. The minimum absolute atomic E-state index is 0.0430. The molecule has 0 fully saturated rings. The summed E-state index contributed by atoms with van der Waals surface area (Å²) in [5, 5.41) is 0.178. The number of rotatable bonds is 9. The number of thiazole rings is 1. The molecule has 1 unspecified atom stereocenters. The van der Waals surface area contributed by atoms with E-state index in [-0.39, 0.29) is 33.9 Å². The number of esters is 1. The van der Waals surface area contributed by atoms with E-state index in [1.807, 2.05) is 30.3 Å². The van der Waals surface area contributed by atoms with E-state index in [9.17, 15) is 14.0 Å². The van der Waals surface area contributed by atoms with Gasteiger partial charge >= 0.3 is 5.97 Å². The van der Waals surface area contributed by atoms with Gasteiger partial charge in [-0.2, -0.15) is 0 Å². The summed E-state index contributed by atoms with van der Waals surface area (Å²) < 4.78 is 32.6. The zero-order valence-electron chi connectivity index (χ0n) is 22.3. The molecular formula is C31H26ClFN2O5S. The van der Waals surface area contributed by atoms with Crippen molar-refractivity contribution in [2.75, 3.05) is 20.3 Å². The highest BCUT2D eigenvalue weighted by Gasteiger charge is 2.33. The number of benzene rings is 3. The first-order valence-electron chi connectivity index (χ1n) is 12.8. The van der Waals surface area contributed by atoms with Gasteiger partial charge in [0.15, 0.2) is 4.80 Å². The Labute approximate surface area is 244 Å². The SMILES string of the molecule is COCCOC(=O)C1=C(C)N=c2sc(=Cc3c(F)cccc3Cl)c(=O)n2C1c1ccc(OCc2ccccc2)cc1. The molecule has 5 rings (SSSR count). The number of methoxy groups -OCH3 is 1. The van der Waals surface area contributed by atoms with Crippen molar-refractivity contribution in [2.45, 2.75) is 19.6 Å². The Bertz CT molecular complexity index is 1760. The molecule has 1 aromatic heterocycles. The molecule has 0 saturated heterocycles. The van der Waals surface area contributed by atoms with Gasteiger partial charge in [0.2, 0.25) is 0 Å². The first-order valence-corrected chi connectivity index (χ1v) is 14.0. The van der Waals surface area contributed by atoms with Gasteiger partial charge in [0.05, 0.1) is 33.5 Å². The molecule has 0 aliphatic carbocycles. The molecule has 1 atom stereocenters. The third kappa shape index (κ3) is 6.17. The molecule has 1 aliphatic heterocycles. The topological polar surface area (TPSA) is 79.1 Å². The van der Waals surface area contributed by atoms with Crippen LogP contribution in [0.1, 0.15) is 29.7 Å². The zero-order valence-corrected chi connectivity index (χ0v) is 23.9. The summed E-state index contributed by atoms with van der Waals surface area (Å²) in [7, 11) is 1.51. The summed E-state index contributed by atoms with van der Waals surface area (Å²) in [5.74, 6) is -0.530. The Kier molecular flexibility index (Phi) is 8.78. The molecule has 210 valence electrons. The Morgan fingerprint density at radius 2 is 1.83 bits per heavy atom. The lowest BCUT2D eigenvalue weighted by Gasteiger charge is -2.25. The predicted molar refractivity (Wildman–Crippen MR) is 155 cm³/mol. The second kappa shape index (κ2) is 12.6. The van der Waals surface area contributed by atoms with Crippen LogP contribution in [0.3, 0.4) is 0 Å². The van der Waals surface area contributed by atoms with Crippen LogP contribution in [-0.2, 0) is 20.9 Å². The fourth-order valence-corrected chi connectivity index (χ4v) is 5.71. The Morgan fingerprint density at radius 1 is 1.07 bits per heavy atom. The van der Waals surface area contributed by atoms with Crippen LogP contribution in [0.4, 0.5) is 4.39 Å². The third-order valence-corrected chi connectivity index (χ3v) is 7.79. The Hall–Kier alpha value is -4.05. The number of hydrogen-bond acceptors (Lipinski definition) is 7. The van der Waals surface area contributed by atoms with E-state index in [1.54, 1.807) is 37.3 Å². The monoisotopic (exact) mass is 592 g/mol. The average Bonchev–Trinajstić information content (AvgIpc) is 3.28. The number of fused-ring (bicyclic) bond motifs is 1. The number of nitrogens with zero attached hydrogens (tertiary/aromatic N) is 2. The maximum atomic E-state index is 14.5. The van der Waals surface area contributed by atoms with Gasteiger partial charge in [0.25, 0.3) is 5.56 Å². The largest absolute Gasteiger partial charge is 0.489 e. The van der Waals surface area contributed by atoms with Crippen LogP contribution >= 0.6 is 22.9 Å². The van der Waals surface area contributed by atoms with E-state index in [0.717, 1.165) is 16.9 Å². The zero-order chi connectivity index (χ0) is 28.9. The maximum Gasteiger partial charge on any atom is 0.338 e. The predicted octanol–water partition coefficient (Wildman–Crippen LogP) is 4.80. The second-order valence-electron chi connectivity index (χ2n) is 9.19. The molecule has 0 N–H and O–H groups in total. The molecule has 4 aromatic rings. The lowest BCUT2D eigenvalue weighted by molar-refractivity contribution is -0.140. The van der Waals surface area contributed by atoms with Crippen molar-refractivity contribution in [1.82, 2.24) is 4.57 Å². The molecule has 1 aliphatic rings. The summed E-state index contributed by atoms with van der Waals surface area (Å²) in [6.07, 6.45) is 1.41. The normalized spacial score (nSPS) is 14.9. The van der Waals surface area contributed by atoms with Crippen molar-refractivity contribution in [2.24, 2.45) is 4.99 Å². The first-order chi connectivity index (χ1) is 19.9. The van der Waals surface area contributed by atoms with Gasteiger partial charge in [-0.3, -0.25) is 9.36 Å². The van der Waals surface area contributed by atoms with E-state index in [2.05, 4.69) is 4.99 Å². The molecule has 0 saturated carbocycles. The Balaban J connectivity index is 1.57. The number of hydrogen-bond donors (Lipinski definition) is 0. The summed E-state index contributed by atoms with van der Waals surface area (Å²) >= 11 is 7.31. The first kappa shape index (κ1) is 28.5. The number of ether oxygens (including phenoxy) is 3. The number of halogens is 2. The van der Waals surface area contributed by atoms with Crippen LogP contribution in [0.25, 0.3) is 6.08 Å². The lowest BCUT2D eigenvalue weighted by atomic mass is 9.96. The molecule has 0 amide bonds. The molecular weight excluding hydrogens is 567 g/mol. The van der Waals surface area contributed by atoms with Crippen molar-refractivity contribution in [3.05, 3.63) is 131 Å². The van der Waals surface area contributed by atoms with Crippen LogP contribution in [0.5, 0.6) is 5.75 Å². The fraction of sp³-hybridized carbons (Fsp3) is 0.194. The van der Waals surface area contributed by atoms with Crippen molar-refractivity contribution < 1.29 is 23.4 Å². The highest BCUT2D eigenvalue weighted by Crippen LogP contribution is 2.32. The quantitative estimate of drug-likeness (QED) is 0.206. The number of aromatic nitrogens is 1. The van der Waals surface area contributed by atoms with Crippen LogP contribution < -0.4 is 19.6 Å². The van der Waals surface area contributed by atoms with Crippen molar-refractivity contribution in [3.8, 4) is 5.75 Å². The van der Waals surface area contributed by atoms with Gasteiger partial charge in [-0.15, -0.1) is 0 Å².